The molecule has 1 heterocycles. The summed E-state index contributed by atoms with van der Waals surface area (Å²) < 4.78 is 24.4. The number of carbonyl (C=O) groups is 2. The topological polar surface area (TPSA) is 79.9 Å². The van der Waals surface area contributed by atoms with E-state index in [1.807, 2.05) is 30.3 Å². The van der Waals surface area contributed by atoms with Crippen LogP contribution in [0.3, 0.4) is 0 Å². The lowest BCUT2D eigenvalue weighted by atomic mass is 10.1. The first-order chi connectivity index (χ1) is 16.4. The van der Waals surface area contributed by atoms with Crippen molar-refractivity contribution in [3.8, 4) is 11.5 Å². The van der Waals surface area contributed by atoms with E-state index in [0.29, 0.717) is 34.5 Å². The third-order valence-electron chi connectivity index (χ3n) is 5.42. The molecule has 2 N–H and O–H groups in total. The van der Waals surface area contributed by atoms with E-state index in [0.717, 1.165) is 5.56 Å². The van der Waals surface area contributed by atoms with Crippen molar-refractivity contribution in [3.05, 3.63) is 83.1 Å². The van der Waals surface area contributed by atoms with Crippen LogP contribution in [0.2, 0.25) is 5.02 Å². The fourth-order valence-corrected chi connectivity index (χ4v) is 3.92. The van der Waals surface area contributed by atoms with Crippen molar-refractivity contribution in [2.75, 3.05) is 24.0 Å². The van der Waals surface area contributed by atoms with E-state index >= 15 is 0 Å². The summed E-state index contributed by atoms with van der Waals surface area (Å²) in [6.07, 6.45) is 0.0568. The Labute approximate surface area is 201 Å². The van der Waals surface area contributed by atoms with Crippen molar-refractivity contribution >= 4 is 34.8 Å². The Balaban J connectivity index is 1.37. The standard InChI is InChI=1S/C25H23ClFN3O4/c1-33-22-13-19(12-21(26)24(22)34-15-16-5-3-2-4-6-16)28-29-25(32)17-11-23(31)30(14-17)20-9-7-18(27)8-10-20/h2-10,12-13,17,28H,11,14-15H2,1H3,(H,29,32)/t17-/m0/s1. The first kappa shape index (κ1) is 23.4. The first-order valence-corrected chi connectivity index (χ1v) is 11.0. The largest absolute Gasteiger partial charge is 0.493 e. The summed E-state index contributed by atoms with van der Waals surface area (Å²) >= 11 is 6.40. The quantitative estimate of drug-likeness (QED) is 0.459. The fourth-order valence-electron chi connectivity index (χ4n) is 3.65. The number of benzene rings is 3. The Morgan fingerprint density at radius 1 is 1.15 bits per heavy atom. The highest BCUT2D eigenvalue weighted by Gasteiger charge is 2.35. The molecule has 1 fully saturated rings. The molecular weight excluding hydrogens is 461 g/mol. The normalized spacial score (nSPS) is 15.2. The lowest BCUT2D eigenvalue weighted by Gasteiger charge is -2.18. The highest BCUT2D eigenvalue weighted by Crippen LogP contribution is 2.38. The van der Waals surface area contributed by atoms with Gasteiger partial charge in [0.15, 0.2) is 11.5 Å². The van der Waals surface area contributed by atoms with Crippen LogP contribution in [0.5, 0.6) is 11.5 Å². The zero-order chi connectivity index (χ0) is 24.1. The molecule has 3 aromatic carbocycles. The number of hydrogen-bond donors (Lipinski definition) is 2. The molecule has 1 aliphatic rings. The monoisotopic (exact) mass is 483 g/mol. The fraction of sp³-hybridized carbons (Fsp3) is 0.200. The molecule has 0 aromatic heterocycles. The number of nitrogens with one attached hydrogen (secondary N) is 2. The summed E-state index contributed by atoms with van der Waals surface area (Å²) in [5, 5.41) is 0.311. The van der Waals surface area contributed by atoms with E-state index < -0.39 is 5.92 Å². The minimum Gasteiger partial charge on any atom is -0.493 e. The van der Waals surface area contributed by atoms with E-state index in [2.05, 4.69) is 10.9 Å². The van der Waals surface area contributed by atoms with Crippen molar-refractivity contribution < 1.29 is 23.5 Å². The first-order valence-electron chi connectivity index (χ1n) is 10.6. The second-order valence-corrected chi connectivity index (χ2v) is 8.17. The van der Waals surface area contributed by atoms with Gasteiger partial charge in [0, 0.05) is 24.7 Å². The van der Waals surface area contributed by atoms with Gasteiger partial charge in [0.25, 0.3) is 0 Å². The maximum atomic E-state index is 13.2. The summed E-state index contributed by atoms with van der Waals surface area (Å²) in [6.45, 7) is 0.523. The summed E-state index contributed by atoms with van der Waals surface area (Å²) in [5.74, 6) is -0.704. The van der Waals surface area contributed by atoms with Gasteiger partial charge in [-0.05, 0) is 35.9 Å². The van der Waals surface area contributed by atoms with Gasteiger partial charge in [-0.3, -0.25) is 20.4 Å². The molecule has 1 saturated heterocycles. The SMILES string of the molecule is COc1cc(NNC(=O)[C@H]2CC(=O)N(c3ccc(F)cc3)C2)cc(Cl)c1OCc1ccccc1. The Morgan fingerprint density at radius 3 is 2.59 bits per heavy atom. The maximum Gasteiger partial charge on any atom is 0.243 e. The smallest absolute Gasteiger partial charge is 0.243 e. The summed E-state index contributed by atoms with van der Waals surface area (Å²) in [7, 11) is 1.50. The average Bonchev–Trinajstić information content (AvgIpc) is 3.24. The minimum atomic E-state index is -0.559. The van der Waals surface area contributed by atoms with Crippen LogP contribution in [-0.4, -0.2) is 25.5 Å². The van der Waals surface area contributed by atoms with Crippen LogP contribution in [0.15, 0.2) is 66.7 Å². The van der Waals surface area contributed by atoms with Gasteiger partial charge in [0.1, 0.15) is 12.4 Å². The molecule has 2 amide bonds. The van der Waals surface area contributed by atoms with Gasteiger partial charge in [-0.25, -0.2) is 4.39 Å². The lowest BCUT2D eigenvalue weighted by molar-refractivity contribution is -0.125. The minimum absolute atomic E-state index is 0.0568. The third kappa shape index (κ3) is 5.40. The Bertz CT molecular complexity index is 1170. The molecule has 7 nitrogen and oxygen atoms in total. The molecule has 34 heavy (non-hydrogen) atoms. The van der Waals surface area contributed by atoms with Crippen LogP contribution < -0.4 is 25.2 Å². The average molecular weight is 484 g/mol. The summed E-state index contributed by atoms with van der Waals surface area (Å²) in [6, 6.07) is 18.5. The number of hydrogen-bond acceptors (Lipinski definition) is 5. The van der Waals surface area contributed by atoms with Crippen LogP contribution in [0.1, 0.15) is 12.0 Å². The van der Waals surface area contributed by atoms with Gasteiger partial charge >= 0.3 is 0 Å². The van der Waals surface area contributed by atoms with Gasteiger partial charge in [0.2, 0.25) is 11.8 Å². The van der Waals surface area contributed by atoms with Crippen LogP contribution in [0.25, 0.3) is 0 Å². The van der Waals surface area contributed by atoms with E-state index in [9.17, 15) is 14.0 Å². The number of amides is 2. The molecule has 1 atom stereocenters. The zero-order valence-electron chi connectivity index (χ0n) is 18.4. The molecule has 0 spiro atoms. The molecule has 3 aromatic rings. The Morgan fingerprint density at radius 2 is 1.88 bits per heavy atom. The highest BCUT2D eigenvalue weighted by molar-refractivity contribution is 6.32. The molecule has 9 heteroatoms. The molecule has 0 bridgehead atoms. The molecule has 0 unspecified atom stereocenters. The van der Waals surface area contributed by atoms with Crippen LogP contribution in [0, 0.1) is 11.7 Å². The number of anilines is 2. The predicted molar refractivity (Wildman–Crippen MR) is 127 cm³/mol. The maximum absolute atomic E-state index is 13.2. The van der Waals surface area contributed by atoms with Crippen LogP contribution in [-0.2, 0) is 16.2 Å². The van der Waals surface area contributed by atoms with Crippen LogP contribution in [0.4, 0.5) is 15.8 Å². The van der Waals surface area contributed by atoms with Crippen molar-refractivity contribution in [3.63, 3.8) is 0 Å². The van der Waals surface area contributed by atoms with E-state index in [1.165, 1.54) is 36.3 Å². The molecule has 0 saturated carbocycles. The Kier molecular flexibility index (Phi) is 7.18. The number of hydrazine groups is 1. The van der Waals surface area contributed by atoms with E-state index in [1.54, 1.807) is 12.1 Å². The van der Waals surface area contributed by atoms with Gasteiger partial charge in [-0.15, -0.1) is 0 Å². The number of ether oxygens (including phenoxy) is 2. The lowest BCUT2D eigenvalue weighted by Crippen LogP contribution is -2.36. The van der Waals surface area contributed by atoms with Crippen molar-refractivity contribution in [2.24, 2.45) is 5.92 Å². The van der Waals surface area contributed by atoms with E-state index in [-0.39, 0.29) is 30.6 Å². The van der Waals surface area contributed by atoms with Gasteiger partial charge in [-0.2, -0.15) is 0 Å². The van der Waals surface area contributed by atoms with E-state index in [4.69, 9.17) is 21.1 Å². The van der Waals surface area contributed by atoms with Gasteiger partial charge < -0.3 is 14.4 Å². The Hall–Kier alpha value is -3.78. The second-order valence-electron chi connectivity index (χ2n) is 7.76. The van der Waals surface area contributed by atoms with Gasteiger partial charge in [0.05, 0.1) is 23.7 Å². The van der Waals surface area contributed by atoms with Crippen molar-refractivity contribution in [1.29, 1.82) is 0 Å². The number of methoxy groups -OCH3 is 1. The number of halogens is 2. The van der Waals surface area contributed by atoms with Crippen LogP contribution >= 0.6 is 11.6 Å². The zero-order valence-corrected chi connectivity index (χ0v) is 19.1. The molecular formula is C25H23ClFN3O4. The molecule has 0 radical (unpaired) electrons. The molecule has 176 valence electrons. The van der Waals surface area contributed by atoms with Crippen molar-refractivity contribution in [1.82, 2.24) is 5.43 Å². The molecule has 0 aliphatic carbocycles. The third-order valence-corrected chi connectivity index (χ3v) is 5.70. The van der Waals surface area contributed by atoms with Gasteiger partial charge in [-0.1, -0.05) is 41.9 Å². The predicted octanol–water partition coefficient (Wildman–Crippen LogP) is 4.56. The number of nitrogens with zero attached hydrogens (tertiary/aromatic N) is 1. The summed E-state index contributed by atoms with van der Waals surface area (Å²) in [4.78, 5) is 26.5. The number of rotatable bonds is 8. The molecule has 4 rings (SSSR count). The summed E-state index contributed by atoms with van der Waals surface area (Å²) in [5.41, 5.74) is 7.45. The highest BCUT2D eigenvalue weighted by atomic mass is 35.5. The number of carbonyl (C=O) groups excluding carboxylic acids is 2. The second kappa shape index (κ2) is 10.4. The van der Waals surface area contributed by atoms with Crippen molar-refractivity contribution in [2.45, 2.75) is 13.0 Å². The molecule has 1 aliphatic heterocycles.